The number of alkyl halides is 4. The SMILES string of the molecule is O=S(=O)(c1ccc(F)c(F)c1)C(F)(F)C(F)(F)S(=O)(=O)c1ccc(F)cc1F. The molecule has 4 nitrogen and oxygen atoms in total. The van der Waals surface area contributed by atoms with Crippen LogP contribution in [0.5, 0.6) is 0 Å². The van der Waals surface area contributed by atoms with Gasteiger partial charge in [0.05, 0.1) is 4.90 Å². The zero-order chi connectivity index (χ0) is 21.7. The van der Waals surface area contributed by atoms with E-state index < -0.39 is 63.2 Å². The van der Waals surface area contributed by atoms with Crippen molar-refractivity contribution in [3.05, 3.63) is 59.7 Å². The molecular weight excluding hydrogens is 448 g/mol. The number of rotatable bonds is 5. The van der Waals surface area contributed by atoms with Crippen LogP contribution in [-0.4, -0.2) is 27.3 Å². The van der Waals surface area contributed by atoms with Crippen molar-refractivity contribution in [1.82, 2.24) is 0 Å². The Kier molecular flexibility index (Phi) is 5.27. The largest absolute Gasteiger partial charge is 0.426 e. The Morgan fingerprint density at radius 1 is 0.607 bits per heavy atom. The highest BCUT2D eigenvalue weighted by atomic mass is 32.2. The first-order valence-corrected chi connectivity index (χ1v) is 9.69. The van der Waals surface area contributed by atoms with E-state index in [1.165, 1.54) is 0 Å². The fraction of sp³-hybridized carbons (Fsp3) is 0.143. The van der Waals surface area contributed by atoms with E-state index in [1.807, 2.05) is 0 Å². The van der Waals surface area contributed by atoms with Crippen LogP contribution < -0.4 is 0 Å². The fourth-order valence-corrected chi connectivity index (χ4v) is 4.86. The smallest absolute Gasteiger partial charge is 0.217 e. The van der Waals surface area contributed by atoms with E-state index in [0.717, 1.165) is 0 Å². The zero-order valence-corrected chi connectivity index (χ0v) is 14.6. The van der Waals surface area contributed by atoms with Crippen LogP contribution >= 0.6 is 0 Å². The molecule has 0 bridgehead atoms. The van der Waals surface area contributed by atoms with Gasteiger partial charge in [0, 0.05) is 6.07 Å². The zero-order valence-electron chi connectivity index (χ0n) is 12.9. The lowest BCUT2D eigenvalue weighted by molar-refractivity contribution is -0.0967. The Labute approximate surface area is 152 Å². The van der Waals surface area contributed by atoms with Crippen molar-refractivity contribution in [3.8, 4) is 0 Å². The Morgan fingerprint density at radius 2 is 1.14 bits per heavy atom. The molecule has 0 spiro atoms. The summed E-state index contributed by atoms with van der Waals surface area (Å²) in [5, 5.41) is -12.9. The predicted octanol–water partition coefficient (Wildman–Crippen LogP) is 3.68. The molecule has 2 rings (SSSR count). The topological polar surface area (TPSA) is 68.3 Å². The fourth-order valence-electron chi connectivity index (χ4n) is 1.94. The standard InChI is InChI=1S/C14H6F8O4S2/c15-7-1-4-12(11(18)5-7)28(25,26)14(21,22)13(19,20)27(23,24)8-2-3-9(16)10(17)6-8/h1-6H. The lowest BCUT2D eigenvalue weighted by atomic mass is 10.3. The number of sulfone groups is 2. The van der Waals surface area contributed by atoms with Crippen molar-refractivity contribution < 1.29 is 52.0 Å². The molecule has 0 aromatic heterocycles. The molecule has 0 atom stereocenters. The van der Waals surface area contributed by atoms with Crippen LogP contribution in [0.1, 0.15) is 0 Å². The van der Waals surface area contributed by atoms with Gasteiger partial charge in [0.15, 0.2) is 11.6 Å². The molecule has 28 heavy (non-hydrogen) atoms. The van der Waals surface area contributed by atoms with Crippen LogP contribution in [0.15, 0.2) is 46.2 Å². The van der Waals surface area contributed by atoms with E-state index in [1.54, 1.807) is 0 Å². The Balaban J connectivity index is 2.69. The number of benzene rings is 2. The average Bonchev–Trinajstić information content (AvgIpc) is 2.56. The molecule has 0 saturated carbocycles. The minimum Gasteiger partial charge on any atom is -0.217 e. The first-order valence-electron chi connectivity index (χ1n) is 6.72. The maximum Gasteiger partial charge on any atom is 0.426 e. The lowest BCUT2D eigenvalue weighted by Crippen LogP contribution is -2.52. The van der Waals surface area contributed by atoms with Crippen molar-refractivity contribution in [1.29, 1.82) is 0 Å². The summed E-state index contributed by atoms with van der Waals surface area (Å²) < 4.78 is 156. The summed E-state index contributed by atoms with van der Waals surface area (Å²) in [4.78, 5) is -3.95. The van der Waals surface area contributed by atoms with Gasteiger partial charge in [-0.1, -0.05) is 0 Å². The van der Waals surface area contributed by atoms with Gasteiger partial charge in [0.1, 0.15) is 16.5 Å². The highest BCUT2D eigenvalue weighted by Gasteiger charge is 2.73. The van der Waals surface area contributed by atoms with Crippen molar-refractivity contribution >= 4 is 19.7 Å². The molecule has 0 saturated heterocycles. The van der Waals surface area contributed by atoms with Crippen LogP contribution in [0, 0.1) is 23.3 Å². The lowest BCUT2D eigenvalue weighted by Gasteiger charge is -2.26. The van der Waals surface area contributed by atoms with E-state index in [0.29, 0.717) is 0 Å². The van der Waals surface area contributed by atoms with Crippen LogP contribution in [0.4, 0.5) is 35.1 Å². The third-order valence-electron chi connectivity index (χ3n) is 3.40. The molecule has 2 aromatic carbocycles. The molecule has 2 aromatic rings. The Bertz CT molecular complexity index is 1140. The molecule has 154 valence electrons. The molecule has 0 aliphatic carbocycles. The maximum absolute atomic E-state index is 14.2. The second-order valence-electron chi connectivity index (χ2n) is 5.19. The molecule has 0 N–H and O–H groups in total. The average molecular weight is 454 g/mol. The Morgan fingerprint density at radius 3 is 1.64 bits per heavy atom. The monoisotopic (exact) mass is 454 g/mol. The predicted molar refractivity (Wildman–Crippen MR) is 77.0 cm³/mol. The molecule has 0 amide bonds. The van der Waals surface area contributed by atoms with Crippen LogP contribution in [0.2, 0.25) is 0 Å². The van der Waals surface area contributed by atoms with E-state index in [2.05, 4.69) is 0 Å². The quantitative estimate of drug-likeness (QED) is 0.511. The van der Waals surface area contributed by atoms with Gasteiger partial charge in [-0.25, -0.2) is 34.4 Å². The summed E-state index contributed by atoms with van der Waals surface area (Å²) >= 11 is 0. The van der Waals surface area contributed by atoms with Crippen LogP contribution in [0.25, 0.3) is 0 Å². The van der Waals surface area contributed by atoms with Crippen molar-refractivity contribution in [2.24, 2.45) is 0 Å². The van der Waals surface area contributed by atoms with Gasteiger partial charge in [-0.05, 0) is 30.3 Å². The van der Waals surface area contributed by atoms with E-state index in [4.69, 9.17) is 0 Å². The minimum atomic E-state index is -6.73. The summed E-state index contributed by atoms with van der Waals surface area (Å²) in [6.07, 6.45) is 0. The molecule has 0 aliphatic rings. The first kappa shape index (κ1) is 22.1. The van der Waals surface area contributed by atoms with Gasteiger partial charge in [-0.2, -0.15) is 17.6 Å². The van der Waals surface area contributed by atoms with E-state index in [9.17, 15) is 52.0 Å². The number of halogens is 8. The highest BCUT2D eigenvalue weighted by molar-refractivity contribution is 7.96. The second-order valence-corrected chi connectivity index (χ2v) is 9.14. The third kappa shape index (κ3) is 3.13. The van der Waals surface area contributed by atoms with Crippen molar-refractivity contribution in [2.45, 2.75) is 20.3 Å². The second kappa shape index (κ2) is 6.69. The summed E-state index contributed by atoms with van der Waals surface area (Å²) in [6, 6.07) is -0.472. The van der Waals surface area contributed by atoms with Gasteiger partial charge in [-0.15, -0.1) is 0 Å². The van der Waals surface area contributed by atoms with Gasteiger partial charge in [0.25, 0.3) is 19.7 Å². The number of hydrogen-bond acceptors (Lipinski definition) is 4. The van der Waals surface area contributed by atoms with Gasteiger partial charge in [-0.3, -0.25) is 0 Å². The summed E-state index contributed by atoms with van der Waals surface area (Å²) in [7, 11) is -13.3. The van der Waals surface area contributed by atoms with Crippen molar-refractivity contribution in [2.75, 3.05) is 0 Å². The molecule has 0 unspecified atom stereocenters. The molecule has 14 heteroatoms. The molecule has 0 heterocycles. The normalized spacial score (nSPS) is 13.6. The highest BCUT2D eigenvalue weighted by Crippen LogP contribution is 2.48. The van der Waals surface area contributed by atoms with Gasteiger partial charge >= 0.3 is 10.5 Å². The molecule has 0 radical (unpaired) electrons. The van der Waals surface area contributed by atoms with Crippen molar-refractivity contribution in [3.63, 3.8) is 0 Å². The maximum atomic E-state index is 14.2. The van der Waals surface area contributed by atoms with Gasteiger partial charge < -0.3 is 0 Å². The Hall–Kier alpha value is -2.22. The third-order valence-corrected chi connectivity index (χ3v) is 7.18. The summed E-state index contributed by atoms with van der Waals surface area (Å²) in [5.41, 5.74) is 0. The molecule has 0 aliphatic heterocycles. The summed E-state index contributed by atoms with van der Waals surface area (Å²) in [5.74, 6) is -7.30. The van der Waals surface area contributed by atoms with Gasteiger partial charge in [0.2, 0.25) is 0 Å². The van der Waals surface area contributed by atoms with Crippen LogP contribution in [-0.2, 0) is 19.7 Å². The first-order chi connectivity index (χ1) is 12.6. The van der Waals surface area contributed by atoms with E-state index >= 15 is 0 Å². The van der Waals surface area contributed by atoms with E-state index in [-0.39, 0.29) is 36.4 Å². The molecule has 0 fully saturated rings. The summed E-state index contributed by atoms with van der Waals surface area (Å²) in [6.45, 7) is 0. The minimum absolute atomic E-state index is 0.00281. The molecular formula is C14H6F8O4S2. The number of hydrogen-bond donors (Lipinski definition) is 0. The van der Waals surface area contributed by atoms with Crippen LogP contribution in [0.3, 0.4) is 0 Å².